The highest BCUT2D eigenvalue weighted by Crippen LogP contribution is 2.25. The molecule has 0 aliphatic carbocycles. The van der Waals surface area contributed by atoms with Crippen LogP contribution < -0.4 is 10.6 Å². The fourth-order valence-corrected chi connectivity index (χ4v) is 4.33. The number of fused-ring (bicyclic) bond motifs is 1. The fraction of sp³-hybridized carbons (Fsp3) is 0.105. The molecule has 1 amide bonds. The number of carbonyl (C=O) groups is 1. The Labute approximate surface area is 189 Å². The van der Waals surface area contributed by atoms with Gasteiger partial charge in [0.15, 0.2) is 10.9 Å². The van der Waals surface area contributed by atoms with E-state index in [2.05, 4.69) is 48.5 Å². The highest BCUT2D eigenvalue weighted by atomic mass is 127. The van der Waals surface area contributed by atoms with E-state index in [0.717, 1.165) is 30.5 Å². The lowest BCUT2D eigenvalue weighted by Gasteiger charge is -2.10. The van der Waals surface area contributed by atoms with E-state index in [1.807, 2.05) is 49.4 Å². The highest BCUT2D eigenvalue weighted by molar-refractivity contribution is 14.1. The molecule has 2 aromatic heterocycles. The number of rotatable bonds is 4. The van der Waals surface area contributed by atoms with E-state index in [1.54, 1.807) is 10.6 Å². The first-order valence-corrected chi connectivity index (χ1v) is 10.9. The maximum absolute atomic E-state index is 12.3. The fourth-order valence-electron chi connectivity index (χ4n) is 2.64. The highest BCUT2D eigenvalue weighted by Gasteiger charge is 2.12. The first-order chi connectivity index (χ1) is 14.0. The Bertz CT molecular complexity index is 1200. The van der Waals surface area contributed by atoms with E-state index < -0.39 is 0 Å². The van der Waals surface area contributed by atoms with Gasteiger partial charge in [-0.1, -0.05) is 47.7 Å². The zero-order valence-electron chi connectivity index (χ0n) is 15.2. The third-order valence-corrected chi connectivity index (χ3v) is 6.28. The van der Waals surface area contributed by atoms with Crippen LogP contribution in [0.15, 0.2) is 48.5 Å². The Morgan fingerprint density at radius 2 is 1.93 bits per heavy atom. The molecule has 0 radical (unpaired) electrons. The summed E-state index contributed by atoms with van der Waals surface area (Å²) < 4.78 is 2.62. The van der Waals surface area contributed by atoms with Crippen molar-refractivity contribution in [2.45, 2.75) is 13.5 Å². The van der Waals surface area contributed by atoms with Gasteiger partial charge < -0.3 is 5.32 Å². The van der Waals surface area contributed by atoms with E-state index in [4.69, 9.17) is 12.2 Å². The van der Waals surface area contributed by atoms with E-state index in [9.17, 15) is 4.79 Å². The van der Waals surface area contributed by atoms with Crippen LogP contribution in [0.25, 0.3) is 15.5 Å². The number of aromatic nitrogens is 4. The van der Waals surface area contributed by atoms with E-state index in [-0.39, 0.29) is 5.91 Å². The van der Waals surface area contributed by atoms with Crippen molar-refractivity contribution in [3.63, 3.8) is 0 Å². The molecular formula is C19H15IN6OS2. The summed E-state index contributed by atoms with van der Waals surface area (Å²) >= 11 is 8.87. The summed E-state index contributed by atoms with van der Waals surface area (Å²) in [7, 11) is 0. The molecule has 4 aromatic rings. The van der Waals surface area contributed by atoms with Gasteiger partial charge in [-0.3, -0.25) is 10.1 Å². The number of amides is 1. The van der Waals surface area contributed by atoms with Crippen molar-refractivity contribution in [1.82, 2.24) is 30.4 Å². The van der Waals surface area contributed by atoms with Gasteiger partial charge in [-0.05, 0) is 59.4 Å². The summed E-state index contributed by atoms with van der Waals surface area (Å²) in [6.07, 6.45) is 0. The number of benzene rings is 2. The molecule has 0 saturated heterocycles. The Balaban J connectivity index is 1.36. The van der Waals surface area contributed by atoms with Gasteiger partial charge in [0, 0.05) is 15.7 Å². The third kappa shape index (κ3) is 4.43. The lowest BCUT2D eigenvalue weighted by molar-refractivity contribution is 0.0976. The standard InChI is InChI=1S/C19H15IN6OS2/c1-11-23-24-19-26(11)25-17(29-19)13-8-6-12(7-9-13)10-21-18(28)22-16(27)14-4-2-3-5-15(14)20/h2-9H,10H2,1H3,(H2,21,22,27,28). The predicted octanol–water partition coefficient (Wildman–Crippen LogP) is 3.57. The Morgan fingerprint density at radius 3 is 2.66 bits per heavy atom. The van der Waals surface area contributed by atoms with Gasteiger partial charge in [0.25, 0.3) is 5.91 Å². The zero-order valence-corrected chi connectivity index (χ0v) is 19.0. The second-order valence-electron chi connectivity index (χ2n) is 6.16. The van der Waals surface area contributed by atoms with Crippen LogP contribution in [0.4, 0.5) is 0 Å². The van der Waals surface area contributed by atoms with E-state index in [1.165, 1.54) is 11.3 Å². The predicted molar refractivity (Wildman–Crippen MR) is 125 cm³/mol. The number of hydrogen-bond acceptors (Lipinski definition) is 6. The van der Waals surface area contributed by atoms with Gasteiger partial charge >= 0.3 is 0 Å². The van der Waals surface area contributed by atoms with Crippen molar-refractivity contribution in [1.29, 1.82) is 0 Å². The maximum Gasteiger partial charge on any atom is 0.258 e. The summed E-state index contributed by atoms with van der Waals surface area (Å²) in [4.78, 5) is 13.1. The van der Waals surface area contributed by atoms with Gasteiger partial charge in [0.1, 0.15) is 5.01 Å². The average Bonchev–Trinajstić information content (AvgIpc) is 3.29. The minimum atomic E-state index is -0.221. The van der Waals surface area contributed by atoms with Crippen molar-refractivity contribution in [3.8, 4) is 10.6 Å². The average molecular weight is 534 g/mol. The molecule has 29 heavy (non-hydrogen) atoms. The lowest BCUT2D eigenvalue weighted by atomic mass is 10.1. The molecule has 2 N–H and O–H groups in total. The first kappa shape index (κ1) is 19.9. The van der Waals surface area contributed by atoms with Gasteiger partial charge in [-0.2, -0.15) is 9.61 Å². The number of aryl methyl sites for hydroxylation is 1. The molecule has 0 aliphatic rings. The third-order valence-electron chi connectivity index (χ3n) is 4.15. The van der Waals surface area contributed by atoms with Crippen LogP contribution >= 0.6 is 46.1 Å². The summed E-state index contributed by atoms with van der Waals surface area (Å²) in [5, 5.41) is 19.6. The molecule has 2 heterocycles. The normalized spacial score (nSPS) is 10.8. The monoisotopic (exact) mass is 534 g/mol. The Hall–Kier alpha value is -2.44. The zero-order chi connectivity index (χ0) is 20.4. The number of nitrogens with zero attached hydrogens (tertiary/aromatic N) is 4. The number of halogens is 1. The molecule has 0 fully saturated rings. The van der Waals surface area contributed by atoms with Crippen molar-refractivity contribution in [2.75, 3.05) is 0 Å². The molecule has 0 unspecified atom stereocenters. The number of nitrogens with one attached hydrogen (secondary N) is 2. The molecular weight excluding hydrogens is 519 g/mol. The molecule has 7 nitrogen and oxygen atoms in total. The maximum atomic E-state index is 12.3. The van der Waals surface area contributed by atoms with Gasteiger partial charge in [-0.25, -0.2) is 0 Å². The van der Waals surface area contributed by atoms with Crippen LogP contribution in [0, 0.1) is 10.5 Å². The molecule has 0 bridgehead atoms. The summed E-state index contributed by atoms with van der Waals surface area (Å²) in [6, 6.07) is 15.4. The number of carbonyl (C=O) groups excluding carboxylic acids is 1. The Kier molecular flexibility index (Phi) is 5.83. The van der Waals surface area contributed by atoms with Crippen LogP contribution in [0.2, 0.25) is 0 Å². The lowest BCUT2D eigenvalue weighted by Crippen LogP contribution is -2.39. The molecule has 146 valence electrons. The first-order valence-electron chi connectivity index (χ1n) is 8.63. The molecule has 2 aromatic carbocycles. The van der Waals surface area contributed by atoms with E-state index >= 15 is 0 Å². The second kappa shape index (κ2) is 8.51. The summed E-state index contributed by atoms with van der Waals surface area (Å²) in [6.45, 7) is 2.38. The molecule has 0 saturated carbocycles. The van der Waals surface area contributed by atoms with Crippen LogP contribution in [0.1, 0.15) is 21.7 Å². The smallest absolute Gasteiger partial charge is 0.258 e. The van der Waals surface area contributed by atoms with Crippen molar-refractivity contribution < 1.29 is 4.79 Å². The topological polar surface area (TPSA) is 84.2 Å². The van der Waals surface area contributed by atoms with Crippen LogP contribution in [0.3, 0.4) is 0 Å². The van der Waals surface area contributed by atoms with Crippen molar-refractivity contribution in [2.24, 2.45) is 0 Å². The largest absolute Gasteiger partial charge is 0.358 e. The Morgan fingerprint density at radius 1 is 1.17 bits per heavy atom. The van der Waals surface area contributed by atoms with E-state index in [0.29, 0.717) is 17.2 Å². The molecule has 4 rings (SSSR count). The van der Waals surface area contributed by atoms with Gasteiger partial charge in [-0.15, -0.1) is 10.2 Å². The molecule has 10 heteroatoms. The van der Waals surface area contributed by atoms with Crippen LogP contribution in [-0.2, 0) is 6.54 Å². The van der Waals surface area contributed by atoms with Crippen LogP contribution in [0.5, 0.6) is 0 Å². The number of thiocarbonyl (C=S) groups is 1. The van der Waals surface area contributed by atoms with Gasteiger partial charge in [0.2, 0.25) is 4.96 Å². The molecule has 0 atom stereocenters. The number of hydrogen-bond donors (Lipinski definition) is 2. The van der Waals surface area contributed by atoms with Crippen LogP contribution in [-0.4, -0.2) is 30.8 Å². The minimum absolute atomic E-state index is 0.221. The van der Waals surface area contributed by atoms with Crippen molar-refractivity contribution >= 4 is 62.1 Å². The second-order valence-corrected chi connectivity index (χ2v) is 8.69. The molecule has 0 aliphatic heterocycles. The summed E-state index contributed by atoms with van der Waals surface area (Å²) in [5.41, 5.74) is 2.65. The quantitative estimate of drug-likeness (QED) is 0.308. The van der Waals surface area contributed by atoms with Crippen molar-refractivity contribution in [3.05, 3.63) is 69.1 Å². The van der Waals surface area contributed by atoms with Gasteiger partial charge in [0.05, 0.1) is 5.56 Å². The minimum Gasteiger partial charge on any atom is -0.358 e. The molecule has 0 spiro atoms. The SMILES string of the molecule is Cc1nnc2sc(-c3ccc(CNC(=S)NC(=O)c4ccccc4I)cc3)nn12. The summed E-state index contributed by atoms with van der Waals surface area (Å²) in [5.74, 6) is 0.547.